The zero-order chi connectivity index (χ0) is 19.2. The van der Waals surface area contributed by atoms with Crippen LogP contribution in [0.25, 0.3) is 11.6 Å². The second kappa shape index (κ2) is 8.30. The Balaban J connectivity index is 1.91. The lowest BCUT2D eigenvalue weighted by molar-refractivity contribution is 0.0735. The van der Waals surface area contributed by atoms with E-state index in [0.717, 1.165) is 0 Å². The Labute approximate surface area is 159 Å². The summed E-state index contributed by atoms with van der Waals surface area (Å²) in [5, 5.41) is 11.2. The number of nitrogens with zero attached hydrogens (tertiary/aromatic N) is 1. The monoisotopic (exact) mass is 379 g/mol. The molecule has 4 nitrogen and oxygen atoms in total. The average molecular weight is 379 g/mol. The molecule has 0 saturated carbocycles. The molecule has 3 rings (SSSR count). The van der Waals surface area contributed by atoms with E-state index in [2.05, 4.69) is 0 Å². The van der Waals surface area contributed by atoms with Gasteiger partial charge in [0.25, 0.3) is 0 Å². The maximum atomic E-state index is 13.9. The zero-order valence-corrected chi connectivity index (χ0v) is 15.1. The maximum absolute atomic E-state index is 13.9. The first-order chi connectivity index (χ1) is 13.1. The third-order valence-corrected chi connectivity index (χ3v) is 4.56. The van der Waals surface area contributed by atoms with Crippen LogP contribution in [0.4, 0.5) is 4.39 Å². The molecule has 0 unspecified atom stereocenters. The van der Waals surface area contributed by atoms with Gasteiger partial charge in [0.15, 0.2) is 11.5 Å². The fourth-order valence-electron chi connectivity index (χ4n) is 2.42. The van der Waals surface area contributed by atoms with Gasteiger partial charge < -0.3 is 9.47 Å². The highest BCUT2D eigenvalue weighted by molar-refractivity contribution is 7.12. The number of methoxy groups -OCH3 is 1. The Morgan fingerprint density at radius 1 is 1.15 bits per heavy atom. The molecule has 0 saturated heterocycles. The standard InChI is InChI=1S/C21H14FNO3S/c1-25-19-12-14(11-15(13-23)16-5-2-3-6-17(16)22)8-9-18(19)26-21(24)20-7-4-10-27-20/h2-12H,1H3/b15-11-. The van der Waals surface area contributed by atoms with Gasteiger partial charge in [-0.15, -0.1) is 11.3 Å². The zero-order valence-electron chi connectivity index (χ0n) is 14.3. The van der Waals surface area contributed by atoms with Crippen molar-refractivity contribution in [1.29, 1.82) is 5.26 Å². The van der Waals surface area contributed by atoms with Gasteiger partial charge in [0.05, 0.1) is 18.8 Å². The second-order valence-corrected chi connectivity index (χ2v) is 6.37. The molecule has 134 valence electrons. The summed E-state index contributed by atoms with van der Waals surface area (Å²) in [6.07, 6.45) is 1.55. The number of allylic oxidation sites excluding steroid dienone is 1. The fourth-order valence-corrected chi connectivity index (χ4v) is 3.02. The molecule has 2 aromatic carbocycles. The molecular formula is C21H14FNO3S. The molecule has 27 heavy (non-hydrogen) atoms. The van der Waals surface area contributed by atoms with Crippen molar-refractivity contribution < 1.29 is 18.7 Å². The largest absolute Gasteiger partial charge is 0.493 e. The van der Waals surface area contributed by atoms with Crippen molar-refractivity contribution in [1.82, 2.24) is 0 Å². The first kappa shape index (κ1) is 18.4. The van der Waals surface area contributed by atoms with E-state index < -0.39 is 11.8 Å². The molecule has 0 spiro atoms. The maximum Gasteiger partial charge on any atom is 0.353 e. The minimum absolute atomic E-state index is 0.179. The number of ether oxygens (including phenoxy) is 2. The fraction of sp³-hybridized carbons (Fsp3) is 0.0476. The van der Waals surface area contributed by atoms with E-state index in [1.165, 1.54) is 24.5 Å². The van der Waals surface area contributed by atoms with Crippen LogP contribution in [0, 0.1) is 17.1 Å². The van der Waals surface area contributed by atoms with Gasteiger partial charge in [-0.05, 0) is 41.3 Å². The number of hydrogen-bond acceptors (Lipinski definition) is 5. The minimum atomic E-state index is -0.476. The summed E-state index contributed by atoms with van der Waals surface area (Å²) in [6.45, 7) is 0. The molecule has 0 aliphatic heterocycles. The molecule has 6 heteroatoms. The van der Waals surface area contributed by atoms with Gasteiger partial charge in [-0.2, -0.15) is 5.26 Å². The van der Waals surface area contributed by atoms with Crippen LogP contribution in [-0.2, 0) is 0 Å². The van der Waals surface area contributed by atoms with E-state index in [1.807, 2.05) is 6.07 Å². The van der Waals surface area contributed by atoms with Crippen LogP contribution >= 0.6 is 11.3 Å². The van der Waals surface area contributed by atoms with Crippen LogP contribution in [0.1, 0.15) is 20.8 Å². The van der Waals surface area contributed by atoms with Crippen molar-refractivity contribution in [2.24, 2.45) is 0 Å². The summed E-state index contributed by atoms with van der Waals surface area (Å²) in [4.78, 5) is 12.6. The Kier molecular flexibility index (Phi) is 5.64. The lowest BCUT2D eigenvalue weighted by Crippen LogP contribution is -2.07. The van der Waals surface area contributed by atoms with Crippen LogP contribution < -0.4 is 9.47 Å². The molecule has 0 N–H and O–H groups in total. The van der Waals surface area contributed by atoms with Gasteiger partial charge in [0.1, 0.15) is 10.7 Å². The van der Waals surface area contributed by atoms with E-state index in [-0.39, 0.29) is 16.9 Å². The highest BCUT2D eigenvalue weighted by Crippen LogP contribution is 2.31. The number of esters is 1. The quantitative estimate of drug-likeness (QED) is 0.265. The van der Waals surface area contributed by atoms with Crippen molar-refractivity contribution in [3.05, 3.63) is 81.8 Å². The summed E-state index contributed by atoms with van der Waals surface area (Å²) >= 11 is 1.28. The van der Waals surface area contributed by atoms with Crippen LogP contribution in [0.2, 0.25) is 0 Å². The van der Waals surface area contributed by atoms with Gasteiger partial charge in [-0.25, -0.2) is 9.18 Å². The Morgan fingerprint density at radius 2 is 1.96 bits per heavy atom. The van der Waals surface area contributed by atoms with E-state index in [4.69, 9.17) is 9.47 Å². The summed E-state index contributed by atoms with van der Waals surface area (Å²) in [7, 11) is 1.45. The van der Waals surface area contributed by atoms with E-state index in [0.29, 0.717) is 16.2 Å². The molecule has 0 aliphatic carbocycles. The van der Waals surface area contributed by atoms with Gasteiger partial charge in [0, 0.05) is 5.56 Å². The molecule has 3 aromatic rings. The van der Waals surface area contributed by atoms with Crippen molar-refractivity contribution in [2.75, 3.05) is 7.11 Å². The minimum Gasteiger partial charge on any atom is -0.493 e. The Hall–Kier alpha value is -3.43. The first-order valence-corrected chi connectivity index (χ1v) is 8.80. The molecular weight excluding hydrogens is 365 g/mol. The summed E-state index contributed by atoms with van der Waals surface area (Å²) in [6, 6.07) is 16.4. The van der Waals surface area contributed by atoms with Gasteiger partial charge in [0.2, 0.25) is 0 Å². The average Bonchev–Trinajstić information content (AvgIpc) is 3.22. The topological polar surface area (TPSA) is 59.3 Å². The van der Waals surface area contributed by atoms with E-state index >= 15 is 0 Å². The lowest BCUT2D eigenvalue weighted by Gasteiger charge is -2.10. The van der Waals surface area contributed by atoms with Crippen LogP contribution in [0.3, 0.4) is 0 Å². The molecule has 0 atom stereocenters. The van der Waals surface area contributed by atoms with Crippen molar-refractivity contribution in [3.8, 4) is 17.6 Å². The van der Waals surface area contributed by atoms with Gasteiger partial charge in [-0.3, -0.25) is 0 Å². The molecule has 0 aliphatic rings. The Bertz CT molecular complexity index is 1040. The number of benzene rings is 2. The number of hydrogen-bond donors (Lipinski definition) is 0. The molecule has 1 heterocycles. The van der Waals surface area contributed by atoms with E-state index in [9.17, 15) is 14.4 Å². The van der Waals surface area contributed by atoms with E-state index in [1.54, 1.807) is 60.0 Å². The van der Waals surface area contributed by atoms with Gasteiger partial charge >= 0.3 is 5.97 Å². The highest BCUT2D eigenvalue weighted by atomic mass is 32.1. The molecule has 0 fully saturated rings. The van der Waals surface area contributed by atoms with Gasteiger partial charge in [-0.1, -0.05) is 30.3 Å². The Morgan fingerprint density at radius 3 is 2.63 bits per heavy atom. The molecule has 0 amide bonds. The smallest absolute Gasteiger partial charge is 0.353 e. The number of carbonyl (C=O) groups is 1. The lowest BCUT2D eigenvalue weighted by atomic mass is 10.0. The predicted molar refractivity (Wildman–Crippen MR) is 102 cm³/mol. The number of rotatable bonds is 5. The summed E-state index contributed by atoms with van der Waals surface area (Å²) in [5.41, 5.74) is 1.01. The van der Waals surface area contributed by atoms with Crippen LogP contribution in [0.15, 0.2) is 60.0 Å². The first-order valence-electron chi connectivity index (χ1n) is 7.93. The number of halogens is 1. The molecule has 1 aromatic heterocycles. The van der Waals surface area contributed by atoms with Crippen LogP contribution in [0.5, 0.6) is 11.5 Å². The highest BCUT2D eigenvalue weighted by Gasteiger charge is 2.14. The third-order valence-electron chi connectivity index (χ3n) is 3.71. The molecule has 0 radical (unpaired) electrons. The summed E-state index contributed by atoms with van der Waals surface area (Å²) in [5.74, 6) is -0.355. The second-order valence-electron chi connectivity index (χ2n) is 5.43. The van der Waals surface area contributed by atoms with Crippen molar-refractivity contribution in [2.45, 2.75) is 0 Å². The van der Waals surface area contributed by atoms with Crippen LogP contribution in [-0.4, -0.2) is 13.1 Å². The number of thiophene rings is 1. The van der Waals surface area contributed by atoms with Crippen molar-refractivity contribution >= 4 is 29.0 Å². The number of nitriles is 1. The molecule has 0 bridgehead atoms. The summed E-state index contributed by atoms with van der Waals surface area (Å²) < 4.78 is 24.6. The number of carbonyl (C=O) groups excluding carboxylic acids is 1. The third kappa shape index (κ3) is 4.22. The predicted octanol–water partition coefficient (Wildman–Crippen LogP) is 5.18. The normalized spacial score (nSPS) is 10.9. The van der Waals surface area contributed by atoms with Crippen molar-refractivity contribution in [3.63, 3.8) is 0 Å². The SMILES string of the molecule is COc1cc(/C=C(/C#N)c2ccccc2F)ccc1OC(=O)c1cccs1.